The van der Waals surface area contributed by atoms with Crippen LogP contribution in [0.25, 0.3) is 0 Å². The van der Waals surface area contributed by atoms with Crippen molar-refractivity contribution < 1.29 is 0 Å². The minimum absolute atomic E-state index is 0.183. The first kappa shape index (κ1) is 11.4. The van der Waals surface area contributed by atoms with Gasteiger partial charge in [0.2, 0.25) is 0 Å². The van der Waals surface area contributed by atoms with E-state index >= 15 is 0 Å². The van der Waals surface area contributed by atoms with Crippen molar-refractivity contribution in [1.29, 1.82) is 0 Å². The van der Waals surface area contributed by atoms with Crippen molar-refractivity contribution in [2.24, 2.45) is 5.73 Å². The van der Waals surface area contributed by atoms with Crippen LogP contribution in [-0.4, -0.2) is 24.6 Å². The van der Waals surface area contributed by atoms with Gasteiger partial charge in [-0.25, -0.2) is 4.98 Å². The Bertz CT molecular complexity index is 360. The zero-order valence-electron chi connectivity index (χ0n) is 10.2. The lowest BCUT2D eigenvalue weighted by Gasteiger charge is -2.23. The van der Waals surface area contributed by atoms with E-state index in [1.54, 1.807) is 0 Å². The summed E-state index contributed by atoms with van der Waals surface area (Å²) >= 11 is 0. The molecule has 0 bridgehead atoms. The van der Waals surface area contributed by atoms with E-state index in [1.807, 2.05) is 6.92 Å². The van der Waals surface area contributed by atoms with Crippen LogP contribution in [0.1, 0.15) is 31.0 Å². The lowest BCUT2D eigenvalue weighted by molar-refractivity contribution is 0.661. The quantitative estimate of drug-likeness (QED) is 0.842. The predicted molar refractivity (Wildman–Crippen MR) is 67.8 cm³/mol. The molecule has 1 aromatic heterocycles. The maximum Gasteiger partial charge on any atom is 0.128 e. The van der Waals surface area contributed by atoms with Gasteiger partial charge in [0.25, 0.3) is 0 Å². The van der Waals surface area contributed by atoms with Gasteiger partial charge in [0.05, 0.1) is 0 Å². The average molecular weight is 219 g/mol. The summed E-state index contributed by atoms with van der Waals surface area (Å²) in [6, 6.07) is 4.53. The molecule has 1 aromatic rings. The van der Waals surface area contributed by atoms with Gasteiger partial charge in [0.15, 0.2) is 0 Å². The predicted octanol–water partition coefficient (Wildman–Crippen LogP) is 1.74. The van der Waals surface area contributed by atoms with Crippen molar-refractivity contribution in [2.45, 2.75) is 38.6 Å². The Hall–Kier alpha value is -1.09. The Labute approximate surface area is 97.7 Å². The fourth-order valence-corrected chi connectivity index (χ4v) is 2.31. The van der Waals surface area contributed by atoms with Crippen LogP contribution >= 0.6 is 0 Å². The Morgan fingerprint density at radius 2 is 2.12 bits per heavy atom. The second-order valence-electron chi connectivity index (χ2n) is 4.84. The maximum absolute atomic E-state index is 5.80. The Morgan fingerprint density at radius 3 is 2.88 bits per heavy atom. The molecule has 1 aliphatic carbocycles. The number of anilines is 1. The molecule has 0 aliphatic heterocycles. The van der Waals surface area contributed by atoms with E-state index in [9.17, 15) is 0 Å². The highest BCUT2D eigenvalue weighted by molar-refractivity contribution is 5.41. The van der Waals surface area contributed by atoms with Crippen molar-refractivity contribution >= 4 is 5.82 Å². The molecule has 2 N–H and O–H groups in total. The van der Waals surface area contributed by atoms with Gasteiger partial charge in [-0.2, -0.15) is 0 Å². The van der Waals surface area contributed by atoms with E-state index in [2.05, 4.69) is 24.1 Å². The van der Waals surface area contributed by atoms with Crippen LogP contribution in [0.15, 0.2) is 12.1 Å². The molecule has 1 atom stereocenters. The second-order valence-corrected chi connectivity index (χ2v) is 4.84. The summed E-state index contributed by atoms with van der Waals surface area (Å²) in [4.78, 5) is 6.88. The van der Waals surface area contributed by atoms with Gasteiger partial charge in [-0.15, -0.1) is 0 Å². The third-order valence-electron chi connectivity index (χ3n) is 3.12. The number of hydrogen-bond donors (Lipinski definition) is 1. The van der Waals surface area contributed by atoms with Gasteiger partial charge in [-0.3, -0.25) is 0 Å². The van der Waals surface area contributed by atoms with Crippen LogP contribution in [0.4, 0.5) is 5.82 Å². The van der Waals surface area contributed by atoms with Crippen molar-refractivity contribution in [1.82, 2.24) is 4.98 Å². The molecule has 0 spiro atoms. The number of likely N-dealkylation sites (N-methyl/N-ethyl adjacent to an activating group) is 1. The normalized spacial score (nSPS) is 16.7. The number of pyridine rings is 1. The summed E-state index contributed by atoms with van der Waals surface area (Å²) < 4.78 is 0. The lowest BCUT2D eigenvalue weighted by Crippen LogP contribution is -2.33. The van der Waals surface area contributed by atoms with Gasteiger partial charge < -0.3 is 10.6 Å². The number of fused-ring (bicyclic) bond motifs is 1. The van der Waals surface area contributed by atoms with Crippen molar-refractivity contribution in [3.63, 3.8) is 0 Å². The Balaban J connectivity index is 2.16. The molecule has 1 aliphatic rings. The molecule has 0 fully saturated rings. The van der Waals surface area contributed by atoms with Crippen LogP contribution in [-0.2, 0) is 12.8 Å². The number of nitrogens with two attached hydrogens (primary N) is 1. The average Bonchev–Trinajstić information content (AvgIpc) is 2.27. The van der Waals surface area contributed by atoms with Crippen LogP contribution in [0.2, 0.25) is 0 Å². The molecule has 0 aromatic carbocycles. The first-order valence-corrected chi connectivity index (χ1v) is 6.12. The number of hydrogen-bond acceptors (Lipinski definition) is 3. The summed E-state index contributed by atoms with van der Waals surface area (Å²) in [5.74, 6) is 1.05. The lowest BCUT2D eigenvalue weighted by atomic mass is 9.96. The summed E-state index contributed by atoms with van der Waals surface area (Å²) in [6.07, 6.45) is 4.92. The highest BCUT2D eigenvalue weighted by Gasteiger charge is 2.12. The van der Waals surface area contributed by atoms with E-state index in [0.717, 1.165) is 18.8 Å². The molecule has 0 amide bonds. The first-order valence-electron chi connectivity index (χ1n) is 6.12. The molecular weight excluding hydrogens is 198 g/mol. The number of aryl methyl sites for hydroxylation is 2. The zero-order valence-corrected chi connectivity index (χ0v) is 10.2. The molecule has 3 nitrogen and oxygen atoms in total. The SMILES string of the molecule is CC(N)CN(C)c1ccc2c(n1)CCCC2. The fourth-order valence-electron chi connectivity index (χ4n) is 2.31. The van der Waals surface area contributed by atoms with E-state index < -0.39 is 0 Å². The Morgan fingerprint density at radius 1 is 1.38 bits per heavy atom. The summed E-state index contributed by atoms with van der Waals surface area (Å²) in [7, 11) is 2.06. The zero-order chi connectivity index (χ0) is 11.5. The molecule has 0 saturated heterocycles. The maximum atomic E-state index is 5.80. The van der Waals surface area contributed by atoms with Crippen LogP contribution in [0.5, 0.6) is 0 Å². The Kier molecular flexibility index (Phi) is 3.44. The van der Waals surface area contributed by atoms with Gasteiger partial charge in [0.1, 0.15) is 5.82 Å². The van der Waals surface area contributed by atoms with Crippen LogP contribution in [0, 0.1) is 0 Å². The van der Waals surface area contributed by atoms with E-state index in [4.69, 9.17) is 10.7 Å². The second kappa shape index (κ2) is 4.83. The smallest absolute Gasteiger partial charge is 0.128 e. The van der Waals surface area contributed by atoms with E-state index in [0.29, 0.717) is 0 Å². The molecule has 3 heteroatoms. The number of rotatable bonds is 3. The summed E-state index contributed by atoms with van der Waals surface area (Å²) in [5, 5.41) is 0. The summed E-state index contributed by atoms with van der Waals surface area (Å²) in [6.45, 7) is 2.88. The highest BCUT2D eigenvalue weighted by atomic mass is 15.2. The molecule has 16 heavy (non-hydrogen) atoms. The van der Waals surface area contributed by atoms with Gasteiger partial charge in [0, 0.05) is 25.3 Å². The van der Waals surface area contributed by atoms with E-state index in [-0.39, 0.29) is 6.04 Å². The molecule has 1 unspecified atom stereocenters. The van der Waals surface area contributed by atoms with Crippen LogP contribution in [0.3, 0.4) is 0 Å². The molecular formula is C13H21N3. The van der Waals surface area contributed by atoms with Gasteiger partial charge >= 0.3 is 0 Å². The minimum Gasteiger partial charge on any atom is -0.358 e. The number of aromatic nitrogens is 1. The third-order valence-corrected chi connectivity index (χ3v) is 3.12. The standard InChI is InChI=1S/C13H21N3/c1-10(14)9-16(2)13-8-7-11-5-3-4-6-12(11)15-13/h7-8,10H,3-6,9,14H2,1-2H3. The largest absolute Gasteiger partial charge is 0.358 e. The topological polar surface area (TPSA) is 42.1 Å². The summed E-state index contributed by atoms with van der Waals surface area (Å²) in [5.41, 5.74) is 8.53. The number of nitrogens with zero attached hydrogens (tertiary/aromatic N) is 2. The van der Waals surface area contributed by atoms with Crippen LogP contribution < -0.4 is 10.6 Å². The first-order chi connectivity index (χ1) is 7.66. The minimum atomic E-state index is 0.183. The van der Waals surface area contributed by atoms with Gasteiger partial charge in [-0.05, 0) is 44.2 Å². The fraction of sp³-hybridized carbons (Fsp3) is 0.615. The van der Waals surface area contributed by atoms with E-state index in [1.165, 1.54) is 30.5 Å². The third kappa shape index (κ3) is 2.53. The highest BCUT2D eigenvalue weighted by Crippen LogP contribution is 2.22. The van der Waals surface area contributed by atoms with Gasteiger partial charge in [-0.1, -0.05) is 6.07 Å². The van der Waals surface area contributed by atoms with Crippen molar-refractivity contribution in [3.8, 4) is 0 Å². The molecule has 88 valence electrons. The van der Waals surface area contributed by atoms with Crippen molar-refractivity contribution in [2.75, 3.05) is 18.5 Å². The monoisotopic (exact) mass is 219 g/mol. The van der Waals surface area contributed by atoms with Crippen molar-refractivity contribution in [3.05, 3.63) is 23.4 Å². The molecule has 2 rings (SSSR count). The molecule has 0 radical (unpaired) electrons. The molecule has 1 heterocycles. The molecule has 0 saturated carbocycles.